The molecule has 0 unspecified atom stereocenters. The monoisotopic (exact) mass is 256 g/mol. The molecule has 90 valence electrons. The molecule has 0 radical (unpaired) electrons. The number of hydrogen-bond acceptors (Lipinski definition) is 1. The zero-order valence-electron chi connectivity index (χ0n) is 10.3. The smallest absolute Gasteiger partial charge is 0.137 e. The van der Waals surface area contributed by atoms with E-state index in [1.165, 1.54) is 5.56 Å². The topological polar surface area (TPSA) is 17.3 Å². The van der Waals surface area contributed by atoms with Crippen molar-refractivity contribution in [3.05, 3.63) is 58.9 Å². The first kappa shape index (κ1) is 11.3. The summed E-state index contributed by atoms with van der Waals surface area (Å²) in [5.74, 6) is 0. The molecule has 2 aromatic heterocycles. The molecule has 3 rings (SSSR count). The molecular formula is C15H13ClN2. The van der Waals surface area contributed by atoms with Gasteiger partial charge in [-0.1, -0.05) is 23.7 Å². The van der Waals surface area contributed by atoms with Crippen molar-refractivity contribution in [2.75, 3.05) is 0 Å². The summed E-state index contributed by atoms with van der Waals surface area (Å²) in [4.78, 5) is 4.61. The summed E-state index contributed by atoms with van der Waals surface area (Å²) < 4.78 is 2.05. The molecule has 2 heterocycles. The van der Waals surface area contributed by atoms with Crippen molar-refractivity contribution in [3.8, 4) is 11.3 Å². The lowest BCUT2D eigenvalue weighted by atomic mass is 10.1. The number of aromatic nitrogens is 2. The fourth-order valence-electron chi connectivity index (χ4n) is 2.05. The van der Waals surface area contributed by atoms with Crippen molar-refractivity contribution in [2.45, 2.75) is 13.8 Å². The van der Waals surface area contributed by atoms with Gasteiger partial charge in [0.05, 0.1) is 5.69 Å². The molecule has 0 aliphatic rings. The van der Waals surface area contributed by atoms with E-state index >= 15 is 0 Å². The summed E-state index contributed by atoms with van der Waals surface area (Å²) >= 11 is 6.04. The fourth-order valence-corrected chi connectivity index (χ4v) is 2.16. The van der Waals surface area contributed by atoms with Crippen LogP contribution >= 0.6 is 11.6 Å². The SMILES string of the molecule is Cc1ccc2nc(-c3ccc(Cl)c(C)c3)cn2c1. The fraction of sp³-hybridized carbons (Fsp3) is 0.133. The Labute approximate surface area is 111 Å². The quantitative estimate of drug-likeness (QED) is 0.636. The van der Waals surface area contributed by atoms with Gasteiger partial charge in [0.1, 0.15) is 5.65 Å². The second-order valence-corrected chi connectivity index (χ2v) is 4.97. The van der Waals surface area contributed by atoms with E-state index in [0.717, 1.165) is 27.5 Å². The van der Waals surface area contributed by atoms with E-state index < -0.39 is 0 Å². The first-order valence-corrected chi connectivity index (χ1v) is 6.23. The largest absolute Gasteiger partial charge is 0.306 e. The molecule has 3 aromatic rings. The molecule has 0 aliphatic carbocycles. The molecule has 0 N–H and O–H groups in total. The van der Waals surface area contributed by atoms with Crippen LogP contribution in [0.15, 0.2) is 42.7 Å². The van der Waals surface area contributed by atoms with Gasteiger partial charge in [-0.2, -0.15) is 0 Å². The van der Waals surface area contributed by atoms with E-state index in [9.17, 15) is 0 Å². The Kier molecular flexibility index (Phi) is 2.60. The molecule has 18 heavy (non-hydrogen) atoms. The van der Waals surface area contributed by atoms with E-state index in [2.05, 4.69) is 34.6 Å². The molecule has 0 saturated carbocycles. The van der Waals surface area contributed by atoms with Gasteiger partial charge in [-0.3, -0.25) is 0 Å². The summed E-state index contributed by atoms with van der Waals surface area (Å²) in [5.41, 5.74) is 5.32. The first-order chi connectivity index (χ1) is 8.63. The normalized spacial score (nSPS) is 11.1. The zero-order valence-corrected chi connectivity index (χ0v) is 11.1. The molecular weight excluding hydrogens is 244 g/mol. The predicted octanol–water partition coefficient (Wildman–Crippen LogP) is 4.27. The molecule has 0 saturated heterocycles. The standard InChI is InChI=1S/C15H13ClN2/c1-10-3-6-15-17-14(9-18(15)8-10)12-4-5-13(16)11(2)7-12/h3-9H,1-2H3. The van der Waals surface area contributed by atoms with Crippen molar-refractivity contribution in [2.24, 2.45) is 0 Å². The highest BCUT2D eigenvalue weighted by molar-refractivity contribution is 6.31. The van der Waals surface area contributed by atoms with Gasteiger partial charge >= 0.3 is 0 Å². The molecule has 0 atom stereocenters. The third-order valence-electron chi connectivity index (χ3n) is 3.05. The molecule has 1 aromatic carbocycles. The van der Waals surface area contributed by atoms with Crippen LogP contribution in [0.5, 0.6) is 0 Å². The number of aryl methyl sites for hydroxylation is 2. The Morgan fingerprint density at radius 2 is 1.89 bits per heavy atom. The van der Waals surface area contributed by atoms with Crippen LogP contribution in [0, 0.1) is 13.8 Å². The maximum atomic E-state index is 6.04. The summed E-state index contributed by atoms with van der Waals surface area (Å²) in [5, 5.41) is 0.790. The van der Waals surface area contributed by atoms with Crippen LogP contribution in [0.2, 0.25) is 5.02 Å². The average molecular weight is 257 g/mol. The van der Waals surface area contributed by atoms with Gasteiger partial charge in [0.15, 0.2) is 0 Å². The summed E-state index contributed by atoms with van der Waals surface area (Å²) in [6.07, 6.45) is 4.12. The van der Waals surface area contributed by atoms with Gasteiger partial charge in [0.25, 0.3) is 0 Å². The molecule has 0 fully saturated rings. The van der Waals surface area contributed by atoms with Gasteiger partial charge < -0.3 is 4.40 Å². The Balaban J connectivity index is 2.16. The Hall–Kier alpha value is -1.80. The number of fused-ring (bicyclic) bond motifs is 1. The summed E-state index contributed by atoms with van der Waals surface area (Å²) in [6.45, 7) is 4.08. The summed E-state index contributed by atoms with van der Waals surface area (Å²) in [6, 6.07) is 10.1. The van der Waals surface area contributed by atoms with Gasteiger partial charge in [-0.05, 0) is 43.2 Å². The van der Waals surface area contributed by atoms with Crippen LogP contribution in [0.3, 0.4) is 0 Å². The first-order valence-electron chi connectivity index (χ1n) is 5.85. The van der Waals surface area contributed by atoms with Crippen molar-refractivity contribution < 1.29 is 0 Å². The van der Waals surface area contributed by atoms with Crippen molar-refractivity contribution in [3.63, 3.8) is 0 Å². The highest BCUT2D eigenvalue weighted by Crippen LogP contribution is 2.24. The Morgan fingerprint density at radius 3 is 2.67 bits per heavy atom. The van der Waals surface area contributed by atoms with Crippen molar-refractivity contribution in [1.82, 2.24) is 9.38 Å². The van der Waals surface area contributed by atoms with Gasteiger partial charge in [-0.25, -0.2) is 4.98 Å². The van der Waals surface area contributed by atoms with Gasteiger partial charge in [0, 0.05) is 23.0 Å². The van der Waals surface area contributed by atoms with E-state index in [4.69, 9.17) is 11.6 Å². The zero-order chi connectivity index (χ0) is 12.7. The maximum absolute atomic E-state index is 6.04. The molecule has 0 spiro atoms. The summed E-state index contributed by atoms with van der Waals surface area (Å²) in [7, 11) is 0. The average Bonchev–Trinajstić information content (AvgIpc) is 2.75. The molecule has 2 nitrogen and oxygen atoms in total. The van der Waals surface area contributed by atoms with Crippen molar-refractivity contribution >= 4 is 17.2 Å². The third kappa shape index (κ3) is 1.89. The van der Waals surface area contributed by atoms with Crippen LogP contribution < -0.4 is 0 Å². The number of pyridine rings is 1. The maximum Gasteiger partial charge on any atom is 0.137 e. The van der Waals surface area contributed by atoms with E-state index in [0.29, 0.717) is 0 Å². The van der Waals surface area contributed by atoms with Crippen LogP contribution in [0.1, 0.15) is 11.1 Å². The van der Waals surface area contributed by atoms with E-state index in [1.54, 1.807) is 0 Å². The third-order valence-corrected chi connectivity index (χ3v) is 3.48. The van der Waals surface area contributed by atoms with Gasteiger partial charge in [0.2, 0.25) is 0 Å². The minimum absolute atomic E-state index is 0.790. The lowest BCUT2D eigenvalue weighted by Crippen LogP contribution is -1.82. The number of hydrogen-bond donors (Lipinski definition) is 0. The van der Waals surface area contributed by atoms with Crippen LogP contribution in [-0.4, -0.2) is 9.38 Å². The number of benzene rings is 1. The Bertz CT molecular complexity index is 728. The number of imidazole rings is 1. The second kappa shape index (κ2) is 4.14. The molecule has 0 bridgehead atoms. The van der Waals surface area contributed by atoms with Crippen molar-refractivity contribution in [1.29, 1.82) is 0 Å². The van der Waals surface area contributed by atoms with E-state index in [-0.39, 0.29) is 0 Å². The molecule has 0 aliphatic heterocycles. The highest BCUT2D eigenvalue weighted by Gasteiger charge is 2.05. The predicted molar refractivity (Wildman–Crippen MR) is 75.1 cm³/mol. The van der Waals surface area contributed by atoms with Gasteiger partial charge in [-0.15, -0.1) is 0 Å². The minimum atomic E-state index is 0.790. The highest BCUT2D eigenvalue weighted by atomic mass is 35.5. The number of halogens is 1. The van der Waals surface area contributed by atoms with Crippen LogP contribution in [0.25, 0.3) is 16.9 Å². The van der Waals surface area contributed by atoms with Crippen LogP contribution in [0.4, 0.5) is 0 Å². The minimum Gasteiger partial charge on any atom is -0.306 e. The molecule has 0 amide bonds. The molecule has 3 heteroatoms. The second-order valence-electron chi connectivity index (χ2n) is 4.56. The number of nitrogens with zero attached hydrogens (tertiary/aromatic N) is 2. The number of rotatable bonds is 1. The van der Waals surface area contributed by atoms with E-state index in [1.807, 2.05) is 31.3 Å². The Morgan fingerprint density at radius 1 is 1.06 bits per heavy atom. The lowest BCUT2D eigenvalue weighted by Gasteiger charge is -2.00. The lowest BCUT2D eigenvalue weighted by molar-refractivity contribution is 1.16. The van der Waals surface area contributed by atoms with Crippen LogP contribution in [-0.2, 0) is 0 Å².